The van der Waals surface area contributed by atoms with Crippen molar-refractivity contribution in [3.05, 3.63) is 71.3 Å². The van der Waals surface area contributed by atoms with Crippen LogP contribution in [0.2, 0.25) is 0 Å². The summed E-state index contributed by atoms with van der Waals surface area (Å²) in [6.07, 6.45) is 0. The minimum absolute atomic E-state index is 0.00585. The molecule has 0 aliphatic carbocycles. The number of hydrogen-bond acceptors (Lipinski definition) is 5. The molecule has 0 N–H and O–H groups in total. The summed E-state index contributed by atoms with van der Waals surface area (Å²) in [5, 5.41) is 0. The summed E-state index contributed by atoms with van der Waals surface area (Å²) < 4.78 is 16.0. The van der Waals surface area contributed by atoms with Crippen LogP contribution in [0.25, 0.3) is 11.1 Å². The average molecular weight is 392 g/mol. The number of methoxy groups -OCH3 is 3. The second-order valence-corrected chi connectivity index (χ2v) is 7.44. The monoisotopic (exact) mass is 392 g/mol. The summed E-state index contributed by atoms with van der Waals surface area (Å²) in [4.78, 5) is 14.3. The molecule has 28 heavy (non-hydrogen) atoms. The maximum atomic E-state index is 13.4. The van der Waals surface area contributed by atoms with Gasteiger partial charge in [0, 0.05) is 21.8 Å². The van der Waals surface area contributed by atoms with E-state index in [2.05, 4.69) is 6.07 Å². The molecule has 1 heterocycles. The SMILES string of the molecule is COc1ccc(-c2ccc3c(c2)C(=O)c2cc(OC)c(OC)cc2SC3)cc1. The third-order valence-corrected chi connectivity index (χ3v) is 6.00. The van der Waals surface area contributed by atoms with E-state index < -0.39 is 0 Å². The van der Waals surface area contributed by atoms with Gasteiger partial charge in [0.1, 0.15) is 5.75 Å². The molecule has 1 aliphatic heterocycles. The standard InChI is InChI=1S/C23H20O4S/c1-25-17-8-6-14(7-9-17)15-4-5-16-13-28-22-12-21(27-3)20(26-2)11-19(22)23(24)18(16)10-15/h4-12H,13H2,1-3H3. The van der Waals surface area contributed by atoms with Crippen LogP contribution in [0.15, 0.2) is 59.5 Å². The number of benzene rings is 3. The molecule has 0 bridgehead atoms. The van der Waals surface area contributed by atoms with Crippen LogP contribution in [0, 0.1) is 0 Å². The van der Waals surface area contributed by atoms with Gasteiger partial charge >= 0.3 is 0 Å². The van der Waals surface area contributed by atoms with E-state index in [9.17, 15) is 4.79 Å². The number of hydrogen-bond donors (Lipinski definition) is 0. The third kappa shape index (κ3) is 3.22. The molecule has 0 saturated carbocycles. The molecule has 0 spiro atoms. The van der Waals surface area contributed by atoms with Gasteiger partial charge in [-0.05, 0) is 47.0 Å². The van der Waals surface area contributed by atoms with Crippen molar-refractivity contribution < 1.29 is 19.0 Å². The zero-order valence-electron chi connectivity index (χ0n) is 15.9. The highest BCUT2D eigenvalue weighted by molar-refractivity contribution is 7.98. The van der Waals surface area contributed by atoms with E-state index in [4.69, 9.17) is 14.2 Å². The van der Waals surface area contributed by atoms with E-state index in [0.29, 0.717) is 17.1 Å². The van der Waals surface area contributed by atoms with E-state index >= 15 is 0 Å². The molecule has 4 nitrogen and oxygen atoms in total. The Morgan fingerprint density at radius 1 is 0.750 bits per heavy atom. The van der Waals surface area contributed by atoms with Crippen molar-refractivity contribution in [3.8, 4) is 28.4 Å². The molecule has 3 aromatic carbocycles. The number of fused-ring (bicyclic) bond motifs is 2. The highest BCUT2D eigenvalue weighted by atomic mass is 32.2. The molecule has 1 aliphatic rings. The molecule has 0 atom stereocenters. The molecule has 0 aromatic heterocycles. The van der Waals surface area contributed by atoms with Crippen molar-refractivity contribution in [2.75, 3.05) is 21.3 Å². The Hall–Kier alpha value is -2.92. The van der Waals surface area contributed by atoms with E-state index in [1.165, 1.54) is 0 Å². The number of carbonyl (C=O) groups is 1. The normalized spacial score (nSPS) is 12.6. The fourth-order valence-electron chi connectivity index (χ4n) is 3.33. The van der Waals surface area contributed by atoms with Crippen molar-refractivity contribution in [2.45, 2.75) is 10.6 Å². The van der Waals surface area contributed by atoms with Crippen LogP contribution < -0.4 is 14.2 Å². The lowest BCUT2D eigenvalue weighted by Crippen LogP contribution is -2.05. The quantitative estimate of drug-likeness (QED) is 0.609. The van der Waals surface area contributed by atoms with Crippen LogP contribution in [-0.4, -0.2) is 27.1 Å². The molecule has 0 amide bonds. The Bertz CT molecular complexity index is 1040. The van der Waals surface area contributed by atoms with Crippen LogP contribution in [0.3, 0.4) is 0 Å². The van der Waals surface area contributed by atoms with Gasteiger partial charge in [-0.2, -0.15) is 0 Å². The number of carbonyl (C=O) groups excluding carboxylic acids is 1. The molecule has 0 saturated heterocycles. The van der Waals surface area contributed by atoms with Crippen molar-refractivity contribution in [1.82, 2.24) is 0 Å². The van der Waals surface area contributed by atoms with Crippen molar-refractivity contribution in [1.29, 1.82) is 0 Å². The van der Waals surface area contributed by atoms with Crippen molar-refractivity contribution >= 4 is 17.5 Å². The third-order valence-electron chi connectivity index (χ3n) is 4.89. The second kappa shape index (κ2) is 7.60. The fraction of sp³-hybridized carbons (Fsp3) is 0.174. The predicted octanol–water partition coefficient (Wildman–Crippen LogP) is 5.22. The first kappa shape index (κ1) is 18.4. The van der Waals surface area contributed by atoms with Gasteiger partial charge in [0.25, 0.3) is 0 Å². The second-order valence-electron chi connectivity index (χ2n) is 6.42. The summed E-state index contributed by atoms with van der Waals surface area (Å²) in [5.74, 6) is 2.73. The first-order chi connectivity index (χ1) is 13.6. The first-order valence-electron chi connectivity index (χ1n) is 8.85. The summed E-state index contributed by atoms with van der Waals surface area (Å²) in [6, 6.07) is 17.6. The Balaban J connectivity index is 1.79. The van der Waals surface area contributed by atoms with Crippen LogP contribution in [0.4, 0.5) is 0 Å². The lowest BCUT2D eigenvalue weighted by molar-refractivity contribution is 0.103. The Labute approximate surface area is 168 Å². The summed E-state index contributed by atoms with van der Waals surface area (Å²) >= 11 is 1.64. The Kier molecular flexibility index (Phi) is 5.01. The maximum Gasteiger partial charge on any atom is 0.194 e. The molecule has 142 valence electrons. The van der Waals surface area contributed by atoms with Crippen LogP contribution in [-0.2, 0) is 5.75 Å². The van der Waals surface area contributed by atoms with Crippen LogP contribution >= 0.6 is 11.8 Å². The summed E-state index contributed by atoms with van der Waals surface area (Å²) in [6.45, 7) is 0. The van der Waals surface area contributed by atoms with Gasteiger partial charge in [0.15, 0.2) is 17.3 Å². The van der Waals surface area contributed by atoms with Crippen LogP contribution in [0.5, 0.6) is 17.2 Å². The van der Waals surface area contributed by atoms with E-state index in [0.717, 1.165) is 38.7 Å². The zero-order valence-corrected chi connectivity index (χ0v) is 16.8. The number of ketones is 1. The van der Waals surface area contributed by atoms with Gasteiger partial charge in [-0.15, -0.1) is 11.8 Å². The Morgan fingerprint density at radius 2 is 1.43 bits per heavy atom. The molecular weight excluding hydrogens is 372 g/mol. The summed E-state index contributed by atoms with van der Waals surface area (Å²) in [7, 11) is 4.83. The van der Waals surface area contributed by atoms with Gasteiger partial charge < -0.3 is 14.2 Å². The minimum atomic E-state index is 0.00585. The molecular formula is C23H20O4S. The molecule has 4 rings (SSSR count). The number of thioether (sulfide) groups is 1. The molecule has 5 heteroatoms. The lowest BCUT2D eigenvalue weighted by Gasteiger charge is -2.12. The molecule has 3 aromatic rings. The smallest absolute Gasteiger partial charge is 0.194 e. The topological polar surface area (TPSA) is 44.8 Å². The van der Waals surface area contributed by atoms with E-state index in [1.54, 1.807) is 39.2 Å². The van der Waals surface area contributed by atoms with E-state index in [1.807, 2.05) is 42.5 Å². The van der Waals surface area contributed by atoms with Crippen LogP contribution in [0.1, 0.15) is 21.5 Å². The van der Waals surface area contributed by atoms with Crippen molar-refractivity contribution in [3.63, 3.8) is 0 Å². The summed E-state index contributed by atoms with van der Waals surface area (Å²) in [5.41, 5.74) is 4.45. The Morgan fingerprint density at radius 3 is 2.11 bits per heavy atom. The average Bonchev–Trinajstić information content (AvgIpc) is 2.89. The van der Waals surface area contributed by atoms with Gasteiger partial charge in [0.2, 0.25) is 0 Å². The fourth-order valence-corrected chi connectivity index (χ4v) is 4.39. The molecule has 0 unspecified atom stereocenters. The van der Waals surface area contributed by atoms with E-state index in [-0.39, 0.29) is 5.78 Å². The first-order valence-corrected chi connectivity index (χ1v) is 9.84. The van der Waals surface area contributed by atoms with Gasteiger partial charge in [0.05, 0.1) is 21.3 Å². The highest BCUT2D eigenvalue weighted by Crippen LogP contribution is 2.41. The van der Waals surface area contributed by atoms with Gasteiger partial charge in [-0.1, -0.05) is 24.3 Å². The maximum absolute atomic E-state index is 13.4. The highest BCUT2D eigenvalue weighted by Gasteiger charge is 2.24. The number of rotatable bonds is 4. The molecule has 0 radical (unpaired) electrons. The van der Waals surface area contributed by atoms with Crippen molar-refractivity contribution in [2.24, 2.45) is 0 Å². The lowest BCUT2D eigenvalue weighted by atomic mass is 9.94. The van der Waals surface area contributed by atoms with Gasteiger partial charge in [-0.25, -0.2) is 0 Å². The number of ether oxygens (including phenoxy) is 3. The zero-order chi connectivity index (χ0) is 19.7. The minimum Gasteiger partial charge on any atom is -0.497 e. The molecule has 0 fully saturated rings. The largest absolute Gasteiger partial charge is 0.497 e. The predicted molar refractivity (Wildman–Crippen MR) is 111 cm³/mol. The van der Waals surface area contributed by atoms with Gasteiger partial charge in [-0.3, -0.25) is 4.79 Å².